The van der Waals surface area contributed by atoms with E-state index >= 15 is 8.78 Å². The molecule has 0 aliphatic carbocycles. The highest BCUT2D eigenvalue weighted by atomic mass is 19.3. The molecule has 2 fully saturated rings. The molecule has 2 N–H and O–H groups in total. The third kappa shape index (κ3) is 9.46. The number of likely N-dealkylation sites (tertiary alicyclic amines) is 1. The van der Waals surface area contributed by atoms with Crippen LogP contribution >= 0.6 is 0 Å². The van der Waals surface area contributed by atoms with E-state index in [0.29, 0.717) is 43.7 Å². The molecule has 0 bridgehead atoms. The van der Waals surface area contributed by atoms with Crippen molar-refractivity contribution in [3.8, 4) is 5.88 Å². The second-order valence-electron chi connectivity index (χ2n) is 13.6. The number of unbranched alkanes of at least 4 members (excludes halogenated alkanes) is 3. The normalized spacial score (nSPS) is 16.2. The molecular weight excluding hydrogens is 668 g/mol. The van der Waals surface area contributed by atoms with Gasteiger partial charge in [0.25, 0.3) is 5.92 Å². The molecular formula is C40H49F2N5O5. The Balaban J connectivity index is 1.10. The zero-order chi connectivity index (χ0) is 36.3. The van der Waals surface area contributed by atoms with E-state index in [1.165, 1.54) is 16.5 Å². The number of amides is 1. The maximum atomic E-state index is 15.7. The number of anilines is 2. The average molecular weight is 718 g/mol. The van der Waals surface area contributed by atoms with Gasteiger partial charge in [-0.25, -0.2) is 13.6 Å². The Hall–Kier alpha value is -4.55. The number of ether oxygens (including phenoxy) is 3. The lowest BCUT2D eigenvalue weighted by Crippen LogP contribution is -2.41. The molecule has 1 amide bonds. The van der Waals surface area contributed by atoms with Crippen molar-refractivity contribution < 1.29 is 32.9 Å². The zero-order valence-electron chi connectivity index (χ0n) is 29.8. The number of nitrogens with one attached hydrogen (secondary N) is 1. The number of hydrogen-bond acceptors (Lipinski definition) is 8. The first-order valence-electron chi connectivity index (χ1n) is 18.4. The van der Waals surface area contributed by atoms with Gasteiger partial charge in [0.1, 0.15) is 0 Å². The maximum absolute atomic E-state index is 15.7. The lowest BCUT2D eigenvalue weighted by Gasteiger charge is -2.35. The van der Waals surface area contributed by atoms with Crippen LogP contribution in [0.5, 0.6) is 5.88 Å². The number of morpholine rings is 1. The summed E-state index contributed by atoms with van der Waals surface area (Å²) in [4.78, 5) is 14.8. The lowest BCUT2D eigenvalue weighted by molar-refractivity contribution is -0.0836. The molecule has 0 spiro atoms. The fraction of sp³-hybridized carbons (Fsp3) is 0.475. The number of aromatic nitrogens is 2. The Morgan fingerprint density at radius 2 is 1.67 bits per heavy atom. The number of benzene rings is 3. The first-order valence-corrected chi connectivity index (χ1v) is 18.4. The van der Waals surface area contributed by atoms with Crippen LogP contribution in [0.25, 0.3) is 10.8 Å². The summed E-state index contributed by atoms with van der Waals surface area (Å²) < 4.78 is 49.0. The van der Waals surface area contributed by atoms with Crippen LogP contribution in [0.2, 0.25) is 0 Å². The Labute approximate surface area is 304 Å². The molecule has 0 radical (unpaired) electrons. The van der Waals surface area contributed by atoms with Crippen molar-refractivity contribution >= 4 is 28.4 Å². The van der Waals surface area contributed by atoms with Crippen molar-refractivity contribution in [2.45, 2.75) is 64.0 Å². The molecule has 10 nitrogen and oxygen atoms in total. The molecule has 12 heteroatoms. The van der Waals surface area contributed by atoms with Crippen LogP contribution in [0.3, 0.4) is 0 Å². The first kappa shape index (κ1) is 37.2. The van der Waals surface area contributed by atoms with Gasteiger partial charge in [0, 0.05) is 55.3 Å². The smallest absolute Gasteiger partial charge is 0.407 e. The number of nitrogens with zero attached hydrogens (tertiary/aromatic N) is 4. The number of carboxylic acid groups (broad SMARTS) is 1. The molecule has 3 heterocycles. The van der Waals surface area contributed by atoms with Gasteiger partial charge in [-0.2, -0.15) is 0 Å². The van der Waals surface area contributed by atoms with Gasteiger partial charge in [0.2, 0.25) is 5.88 Å². The van der Waals surface area contributed by atoms with Gasteiger partial charge in [-0.3, -0.25) is 0 Å². The van der Waals surface area contributed by atoms with Crippen LogP contribution in [0.15, 0.2) is 72.8 Å². The molecule has 6 rings (SSSR count). The minimum atomic E-state index is -3.09. The van der Waals surface area contributed by atoms with Gasteiger partial charge in [-0.1, -0.05) is 55.0 Å². The van der Waals surface area contributed by atoms with Crippen LogP contribution in [0.1, 0.15) is 68.2 Å². The number of fused-ring (bicyclic) bond motifs is 1. The topological polar surface area (TPSA) is 109 Å². The third-order valence-electron chi connectivity index (χ3n) is 10.0. The quantitative estimate of drug-likeness (QED) is 0.111. The number of carbonyl (C=O) groups is 1. The standard InChI is InChI=1S/C40H49F2N5O5/c1-29(31-12-9-13-33(26-31)40(41,42)32-16-18-47(19-17-32)39(48)49)43-37-35-15-14-34(46-20-24-50-25-21-46)27-36(35)38(45-44-37)52-23-8-3-2-7-22-51-28-30-10-5-4-6-11-30/h4-6,9-15,26-27,29,32H,2-3,7-8,16-25,28H2,1H3,(H,43,44)(H,48,49). The first-order chi connectivity index (χ1) is 25.3. The summed E-state index contributed by atoms with van der Waals surface area (Å²) in [6.45, 7) is 6.90. The highest BCUT2D eigenvalue weighted by Crippen LogP contribution is 2.42. The van der Waals surface area contributed by atoms with Gasteiger partial charge < -0.3 is 34.4 Å². The van der Waals surface area contributed by atoms with E-state index in [1.807, 2.05) is 37.3 Å². The number of piperidine rings is 1. The van der Waals surface area contributed by atoms with Crippen molar-refractivity contribution in [1.82, 2.24) is 15.1 Å². The van der Waals surface area contributed by atoms with E-state index < -0.39 is 17.9 Å². The number of alkyl halides is 2. The number of halogens is 2. The molecule has 2 saturated heterocycles. The van der Waals surface area contributed by atoms with Crippen LogP contribution < -0.4 is 15.0 Å². The number of hydrogen-bond donors (Lipinski definition) is 2. The molecule has 0 saturated carbocycles. The van der Waals surface area contributed by atoms with Crippen LogP contribution in [0, 0.1) is 5.92 Å². The SMILES string of the molecule is CC(Nc1nnc(OCCCCCCOCc2ccccc2)c2cc(N3CCOCC3)ccc12)c1cccc(C(F)(F)C2CCN(C(=O)O)CC2)c1. The van der Waals surface area contributed by atoms with Crippen LogP contribution in [-0.4, -0.2) is 78.9 Å². The zero-order valence-corrected chi connectivity index (χ0v) is 29.8. The summed E-state index contributed by atoms with van der Waals surface area (Å²) in [7, 11) is 0. The van der Waals surface area contributed by atoms with Crippen molar-refractivity contribution in [2.75, 3.05) is 62.8 Å². The molecule has 4 aromatic rings. The lowest BCUT2D eigenvalue weighted by atomic mass is 9.85. The molecule has 3 aromatic carbocycles. The Morgan fingerprint density at radius 3 is 2.42 bits per heavy atom. The summed E-state index contributed by atoms with van der Waals surface area (Å²) >= 11 is 0. The predicted molar refractivity (Wildman–Crippen MR) is 197 cm³/mol. The summed E-state index contributed by atoms with van der Waals surface area (Å²) in [5.74, 6) is -3.01. The van der Waals surface area contributed by atoms with Gasteiger partial charge >= 0.3 is 6.09 Å². The molecule has 52 heavy (non-hydrogen) atoms. The van der Waals surface area contributed by atoms with Gasteiger partial charge in [0.15, 0.2) is 5.82 Å². The van der Waals surface area contributed by atoms with Gasteiger partial charge in [-0.15, -0.1) is 10.2 Å². The van der Waals surface area contributed by atoms with Gasteiger partial charge in [0.05, 0.1) is 37.9 Å². The molecule has 1 atom stereocenters. The minimum absolute atomic E-state index is 0.0676. The number of rotatable bonds is 16. The molecule has 278 valence electrons. The fourth-order valence-electron chi connectivity index (χ4n) is 6.92. The van der Waals surface area contributed by atoms with Crippen LogP contribution in [-0.2, 0) is 22.0 Å². The largest absolute Gasteiger partial charge is 0.476 e. The molecule has 2 aliphatic heterocycles. The molecule has 2 aliphatic rings. The van der Waals surface area contributed by atoms with Crippen molar-refractivity contribution in [2.24, 2.45) is 5.92 Å². The van der Waals surface area contributed by atoms with E-state index in [-0.39, 0.29) is 37.5 Å². The van der Waals surface area contributed by atoms with Crippen LogP contribution in [0.4, 0.5) is 25.1 Å². The summed E-state index contributed by atoms with van der Waals surface area (Å²) in [5, 5.41) is 23.3. The van der Waals surface area contributed by atoms with E-state index in [9.17, 15) is 9.90 Å². The van der Waals surface area contributed by atoms with E-state index in [0.717, 1.165) is 61.8 Å². The summed E-state index contributed by atoms with van der Waals surface area (Å²) in [5.41, 5.74) is 2.85. The Bertz CT molecular complexity index is 1750. The highest BCUT2D eigenvalue weighted by Gasteiger charge is 2.43. The van der Waals surface area contributed by atoms with E-state index in [2.05, 4.69) is 44.7 Å². The molecule has 1 aromatic heterocycles. The Kier molecular flexibility index (Phi) is 12.7. The average Bonchev–Trinajstić information content (AvgIpc) is 3.18. The van der Waals surface area contributed by atoms with E-state index in [4.69, 9.17) is 14.2 Å². The molecule has 1 unspecified atom stereocenters. The predicted octanol–water partition coefficient (Wildman–Crippen LogP) is 8.28. The van der Waals surface area contributed by atoms with Crippen molar-refractivity contribution in [3.63, 3.8) is 0 Å². The summed E-state index contributed by atoms with van der Waals surface area (Å²) in [6.07, 6.45) is 3.09. The summed E-state index contributed by atoms with van der Waals surface area (Å²) in [6, 6.07) is 22.4. The second kappa shape index (κ2) is 17.8. The van der Waals surface area contributed by atoms with Crippen molar-refractivity contribution in [1.29, 1.82) is 0 Å². The third-order valence-corrected chi connectivity index (χ3v) is 10.0. The van der Waals surface area contributed by atoms with Crippen molar-refractivity contribution in [3.05, 3.63) is 89.5 Å². The van der Waals surface area contributed by atoms with Gasteiger partial charge in [-0.05, 0) is 74.4 Å². The fourth-order valence-corrected chi connectivity index (χ4v) is 6.92. The monoisotopic (exact) mass is 717 g/mol. The second-order valence-corrected chi connectivity index (χ2v) is 13.6. The minimum Gasteiger partial charge on any atom is -0.476 e. The Morgan fingerprint density at radius 1 is 0.923 bits per heavy atom. The highest BCUT2D eigenvalue weighted by molar-refractivity contribution is 5.97. The maximum Gasteiger partial charge on any atom is 0.407 e. The van der Waals surface area contributed by atoms with E-state index in [1.54, 1.807) is 12.1 Å².